The average molecular weight is 309 g/mol. The molecule has 0 aliphatic rings. The molecule has 1 heterocycles. The van der Waals surface area contributed by atoms with Gasteiger partial charge in [0.05, 0.1) is 5.02 Å². The molecule has 0 aliphatic carbocycles. The summed E-state index contributed by atoms with van der Waals surface area (Å²) in [6, 6.07) is 5.96. The van der Waals surface area contributed by atoms with Crippen molar-refractivity contribution >= 4 is 11.6 Å². The third kappa shape index (κ3) is 4.19. The lowest BCUT2D eigenvalue weighted by Crippen LogP contribution is -2.21. The fraction of sp³-hybridized carbons (Fsp3) is 0.467. The van der Waals surface area contributed by atoms with E-state index in [9.17, 15) is 0 Å². The number of nitrogens with two attached hydrogens (primary N) is 1. The number of hydrogen-bond donors (Lipinski definition) is 1. The van der Waals surface area contributed by atoms with Crippen LogP contribution in [0.25, 0.3) is 0 Å². The van der Waals surface area contributed by atoms with Gasteiger partial charge in [-0.25, -0.2) is 9.67 Å². The molecule has 0 amide bonds. The molecule has 2 aromatic rings. The summed E-state index contributed by atoms with van der Waals surface area (Å²) in [6.45, 7) is 5.20. The zero-order valence-electron chi connectivity index (χ0n) is 12.4. The van der Waals surface area contributed by atoms with Crippen LogP contribution in [0.1, 0.15) is 31.7 Å². The van der Waals surface area contributed by atoms with E-state index in [2.05, 4.69) is 17.0 Å². The highest BCUT2D eigenvalue weighted by Crippen LogP contribution is 2.26. The molecule has 6 heteroatoms. The molecule has 1 atom stereocenters. The molecule has 0 saturated carbocycles. The summed E-state index contributed by atoms with van der Waals surface area (Å²) in [5.41, 5.74) is 7.08. The fourth-order valence-corrected chi connectivity index (χ4v) is 2.30. The molecular formula is C15H21ClN4O. The van der Waals surface area contributed by atoms with E-state index in [1.54, 1.807) is 4.68 Å². The largest absolute Gasteiger partial charge is 0.484 e. The third-order valence-corrected chi connectivity index (χ3v) is 3.67. The van der Waals surface area contributed by atoms with E-state index in [-0.39, 0.29) is 6.04 Å². The molecule has 21 heavy (non-hydrogen) atoms. The molecule has 5 nitrogen and oxygen atoms in total. The average Bonchev–Trinajstić information content (AvgIpc) is 2.93. The molecule has 114 valence electrons. The SMILES string of the molecule is CCC(N)Cc1ccc(OCc2ncnn2CC)c(Cl)c1. The number of halogens is 1. The van der Waals surface area contributed by atoms with Crippen LogP contribution in [0.2, 0.25) is 5.02 Å². The molecule has 1 aromatic carbocycles. The Bertz CT molecular complexity index is 585. The van der Waals surface area contributed by atoms with E-state index in [1.807, 2.05) is 25.1 Å². The second-order valence-corrected chi connectivity index (χ2v) is 5.33. The maximum atomic E-state index is 6.26. The molecule has 0 fully saturated rings. The Morgan fingerprint density at radius 3 is 2.86 bits per heavy atom. The lowest BCUT2D eigenvalue weighted by molar-refractivity contribution is 0.287. The van der Waals surface area contributed by atoms with Gasteiger partial charge in [0.25, 0.3) is 0 Å². The van der Waals surface area contributed by atoms with Crippen molar-refractivity contribution in [3.8, 4) is 5.75 Å². The fourth-order valence-electron chi connectivity index (χ4n) is 2.04. The highest BCUT2D eigenvalue weighted by molar-refractivity contribution is 6.32. The lowest BCUT2D eigenvalue weighted by Gasteiger charge is -2.12. The monoisotopic (exact) mass is 308 g/mol. The van der Waals surface area contributed by atoms with Crippen LogP contribution in [-0.2, 0) is 19.6 Å². The number of rotatable bonds is 7. The summed E-state index contributed by atoms with van der Waals surface area (Å²) in [6.07, 6.45) is 3.29. The van der Waals surface area contributed by atoms with Gasteiger partial charge in [-0.05, 0) is 37.5 Å². The van der Waals surface area contributed by atoms with Crippen molar-refractivity contribution in [2.24, 2.45) is 5.73 Å². The first-order valence-corrected chi connectivity index (χ1v) is 7.55. The highest BCUT2D eigenvalue weighted by Gasteiger charge is 2.08. The lowest BCUT2D eigenvalue weighted by atomic mass is 10.0. The van der Waals surface area contributed by atoms with Crippen molar-refractivity contribution in [1.29, 1.82) is 0 Å². The number of benzene rings is 1. The zero-order chi connectivity index (χ0) is 15.2. The number of hydrogen-bond acceptors (Lipinski definition) is 4. The van der Waals surface area contributed by atoms with Crippen molar-refractivity contribution in [2.45, 2.75) is 45.9 Å². The van der Waals surface area contributed by atoms with Crippen molar-refractivity contribution in [3.63, 3.8) is 0 Å². The Kier molecular flexibility index (Phi) is 5.59. The number of aryl methyl sites for hydroxylation is 1. The Balaban J connectivity index is 2.01. The minimum atomic E-state index is 0.163. The van der Waals surface area contributed by atoms with E-state index < -0.39 is 0 Å². The smallest absolute Gasteiger partial charge is 0.164 e. The van der Waals surface area contributed by atoms with Crippen LogP contribution in [-0.4, -0.2) is 20.8 Å². The minimum absolute atomic E-state index is 0.163. The van der Waals surface area contributed by atoms with E-state index in [1.165, 1.54) is 6.33 Å². The summed E-state index contributed by atoms with van der Waals surface area (Å²) in [5.74, 6) is 1.43. The van der Waals surface area contributed by atoms with Crippen LogP contribution < -0.4 is 10.5 Å². The van der Waals surface area contributed by atoms with Crippen LogP contribution in [0, 0.1) is 0 Å². The Morgan fingerprint density at radius 2 is 2.19 bits per heavy atom. The standard InChI is InChI=1S/C15H21ClN4O/c1-3-12(17)7-11-5-6-14(13(16)8-11)21-9-15-18-10-19-20(15)4-2/h5-6,8,10,12H,3-4,7,9,17H2,1-2H3. The van der Waals surface area contributed by atoms with Gasteiger partial charge in [0.2, 0.25) is 0 Å². The number of ether oxygens (including phenoxy) is 1. The third-order valence-electron chi connectivity index (χ3n) is 3.37. The Hall–Kier alpha value is -1.59. The topological polar surface area (TPSA) is 66.0 Å². The van der Waals surface area contributed by atoms with Gasteiger partial charge in [0.15, 0.2) is 5.82 Å². The molecule has 1 aromatic heterocycles. The van der Waals surface area contributed by atoms with Crippen LogP contribution in [0.4, 0.5) is 0 Å². The first-order valence-electron chi connectivity index (χ1n) is 7.17. The Morgan fingerprint density at radius 1 is 1.38 bits per heavy atom. The second kappa shape index (κ2) is 7.43. The predicted molar refractivity (Wildman–Crippen MR) is 83.5 cm³/mol. The van der Waals surface area contributed by atoms with Gasteiger partial charge in [-0.15, -0.1) is 0 Å². The van der Waals surface area contributed by atoms with E-state index >= 15 is 0 Å². The van der Waals surface area contributed by atoms with Gasteiger partial charge in [-0.3, -0.25) is 0 Å². The van der Waals surface area contributed by atoms with Gasteiger partial charge in [-0.1, -0.05) is 24.6 Å². The van der Waals surface area contributed by atoms with E-state index in [4.69, 9.17) is 22.1 Å². The molecule has 2 rings (SSSR count). The molecular weight excluding hydrogens is 288 g/mol. The van der Waals surface area contributed by atoms with E-state index in [0.29, 0.717) is 17.4 Å². The molecule has 0 aliphatic heterocycles. The summed E-state index contributed by atoms with van der Waals surface area (Å²) < 4.78 is 7.52. The van der Waals surface area contributed by atoms with Gasteiger partial charge >= 0.3 is 0 Å². The number of aromatic nitrogens is 3. The van der Waals surface area contributed by atoms with Crippen molar-refractivity contribution in [3.05, 3.63) is 40.9 Å². The Labute approximate surface area is 130 Å². The van der Waals surface area contributed by atoms with E-state index in [0.717, 1.165) is 30.8 Å². The summed E-state index contributed by atoms with van der Waals surface area (Å²) in [5, 5.41) is 4.70. The second-order valence-electron chi connectivity index (χ2n) is 4.92. The molecule has 0 spiro atoms. The van der Waals surface area contributed by atoms with Crippen molar-refractivity contribution in [1.82, 2.24) is 14.8 Å². The first kappa shape index (κ1) is 15.8. The van der Waals surface area contributed by atoms with Crippen LogP contribution in [0.5, 0.6) is 5.75 Å². The van der Waals surface area contributed by atoms with Gasteiger partial charge in [0, 0.05) is 12.6 Å². The normalized spacial score (nSPS) is 12.4. The maximum absolute atomic E-state index is 6.26. The van der Waals surface area contributed by atoms with Gasteiger partial charge < -0.3 is 10.5 Å². The predicted octanol–water partition coefficient (Wildman–Crippen LogP) is 2.81. The van der Waals surface area contributed by atoms with Crippen molar-refractivity contribution in [2.75, 3.05) is 0 Å². The first-order chi connectivity index (χ1) is 10.1. The molecule has 1 unspecified atom stereocenters. The van der Waals surface area contributed by atoms with Crippen molar-refractivity contribution < 1.29 is 4.74 Å². The highest BCUT2D eigenvalue weighted by atomic mass is 35.5. The molecule has 0 radical (unpaired) electrons. The minimum Gasteiger partial charge on any atom is -0.484 e. The summed E-state index contributed by atoms with van der Waals surface area (Å²) >= 11 is 6.26. The van der Waals surface area contributed by atoms with Crippen LogP contribution >= 0.6 is 11.6 Å². The van der Waals surface area contributed by atoms with Crippen LogP contribution in [0.15, 0.2) is 24.5 Å². The maximum Gasteiger partial charge on any atom is 0.164 e. The molecule has 0 saturated heterocycles. The number of nitrogens with zero attached hydrogens (tertiary/aromatic N) is 3. The molecule has 2 N–H and O–H groups in total. The quantitative estimate of drug-likeness (QED) is 0.854. The van der Waals surface area contributed by atoms with Crippen LogP contribution in [0.3, 0.4) is 0 Å². The molecule has 0 bridgehead atoms. The van der Waals surface area contributed by atoms with Gasteiger partial charge in [0.1, 0.15) is 18.7 Å². The van der Waals surface area contributed by atoms with Gasteiger partial charge in [-0.2, -0.15) is 5.10 Å². The summed E-state index contributed by atoms with van der Waals surface area (Å²) in [4.78, 5) is 4.17. The summed E-state index contributed by atoms with van der Waals surface area (Å²) in [7, 11) is 0. The zero-order valence-corrected chi connectivity index (χ0v) is 13.2.